The molecule has 2 N–H and O–H groups in total. The van der Waals surface area contributed by atoms with Gasteiger partial charge < -0.3 is 14.8 Å². The Morgan fingerprint density at radius 1 is 1.07 bits per heavy atom. The Balaban J connectivity index is 1.53. The Kier molecular flexibility index (Phi) is 4.48. The van der Waals surface area contributed by atoms with E-state index in [9.17, 15) is 9.50 Å². The Morgan fingerprint density at radius 2 is 1.86 bits per heavy atom. The molecule has 1 aliphatic rings. The lowest BCUT2D eigenvalue weighted by molar-refractivity contribution is 0.126. The Morgan fingerprint density at radius 3 is 2.66 bits per heavy atom. The molecule has 1 aliphatic carbocycles. The predicted molar refractivity (Wildman–Crippen MR) is 106 cm³/mol. The van der Waals surface area contributed by atoms with Crippen LogP contribution < -0.4 is 5.32 Å². The molecule has 29 heavy (non-hydrogen) atoms. The van der Waals surface area contributed by atoms with E-state index in [0.717, 1.165) is 36.9 Å². The van der Waals surface area contributed by atoms with E-state index in [1.54, 1.807) is 30.8 Å². The maximum absolute atomic E-state index is 13.4. The van der Waals surface area contributed by atoms with Crippen molar-refractivity contribution in [3.63, 3.8) is 0 Å². The van der Waals surface area contributed by atoms with Crippen LogP contribution in [-0.2, 0) is 0 Å². The number of fused-ring (bicyclic) bond motifs is 1. The molecule has 0 unspecified atom stereocenters. The minimum atomic E-state index is -0.302. The van der Waals surface area contributed by atoms with Gasteiger partial charge in [0.25, 0.3) is 0 Å². The number of aliphatic hydroxyl groups is 1. The van der Waals surface area contributed by atoms with Crippen LogP contribution >= 0.6 is 0 Å². The van der Waals surface area contributed by atoms with Crippen LogP contribution in [0.1, 0.15) is 25.7 Å². The minimum absolute atomic E-state index is 0.209. The summed E-state index contributed by atoms with van der Waals surface area (Å²) in [6, 6.07) is 8.25. The summed E-state index contributed by atoms with van der Waals surface area (Å²) in [4.78, 5) is 13.6. The van der Waals surface area contributed by atoms with E-state index in [1.165, 1.54) is 12.1 Å². The molecule has 1 saturated carbocycles. The zero-order valence-corrected chi connectivity index (χ0v) is 15.6. The molecule has 3 heterocycles. The third kappa shape index (κ3) is 3.47. The minimum Gasteiger partial charge on any atom is -0.432 e. The van der Waals surface area contributed by atoms with E-state index in [0.29, 0.717) is 23.2 Å². The maximum Gasteiger partial charge on any atom is 0.306 e. The number of anilines is 1. The fraction of sp³-hybridized carbons (Fsp3) is 0.286. The zero-order valence-electron chi connectivity index (χ0n) is 15.6. The molecule has 1 fully saturated rings. The van der Waals surface area contributed by atoms with E-state index in [4.69, 9.17) is 9.40 Å². The van der Waals surface area contributed by atoms with Gasteiger partial charge in [-0.25, -0.2) is 14.4 Å². The van der Waals surface area contributed by atoms with Gasteiger partial charge in [-0.05, 0) is 56.0 Å². The van der Waals surface area contributed by atoms with E-state index >= 15 is 0 Å². The SMILES string of the molecule is OC1CCC(Nc2nccc(-c3c(-c4ccc(F)cc4)nc4occn34)n2)CC1. The van der Waals surface area contributed by atoms with Crippen molar-refractivity contribution in [2.75, 3.05) is 5.32 Å². The first kappa shape index (κ1) is 17.8. The molecule has 1 aromatic carbocycles. The molecule has 148 valence electrons. The molecule has 0 radical (unpaired) electrons. The molecular formula is C21H20FN5O2. The molecule has 7 nitrogen and oxygen atoms in total. The summed E-state index contributed by atoms with van der Waals surface area (Å²) in [6.07, 6.45) is 8.17. The molecule has 0 atom stereocenters. The molecule has 8 heteroatoms. The van der Waals surface area contributed by atoms with Crippen molar-refractivity contribution in [3.8, 4) is 22.6 Å². The second-order valence-corrected chi connectivity index (χ2v) is 7.29. The number of hydrogen-bond donors (Lipinski definition) is 2. The first-order valence-electron chi connectivity index (χ1n) is 9.67. The number of aromatic nitrogens is 4. The van der Waals surface area contributed by atoms with Crippen molar-refractivity contribution in [1.82, 2.24) is 19.4 Å². The first-order valence-corrected chi connectivity index (χ1v) is 9.67. The number of aliphatic hydroxyl groups excluding tert-OH is 1. The normalized spacial score (nSPS) is 19.5. The quantitative estimate of drug-likeness (QED) is 0.547. The van der Waals surface area contributed by atoms with E-state index in [1.807, 2.05) is 10.5 Å². The van der Waals surface area contributed by atoms with Crippen LogP contribution in [0, 0.1) is 5.82 Å². The predicted octanol–water partition coefficient (Wildman–Crippen LogP) is 3.91. The van der Waals surface area contributed by atoms with Gasteiger partial charge in [0.15, 0.2) is 0 Å². The highest BCUT2D eigenvalue weighted by molar-refractivity contribution is 5.79. The lowest BCUT2D eigenvalue weighted by Gasteiger charge is -2.26. The van der Waals surface area contributed by atoms with Crippen LogP contribution in [0.15, 0.2) is 53.4 Å². The third-order valence-electron chi connectivity index (χ3n) is 5.31. The standard InChI is InChI=1S/C21H20FN5O2/c22-14-3-1-13(2-4-14)18-19(27-11-12-29-21(27)26-18)17-9-10-23-20(25-17)24-15-5-7-16(28)8-6-15/h1-4,9-12,15-16,28H,5-8H2,(H,23,24,25). The second kappa shape index (κ2) is 7.29. The molecule has 0 amide bonds. The van der Waals surface area contributed by atoms with Gasteiger partial charge in [-0.2, -0.15) is 4.98 Å². The fourth-order valence-corrected chi connectivity index (χ4v) is 3.80. The highest BCUT2D eigenvalue weighted by Crippen LogP contribution is 2.32. The molecular weight excluding hydrogens is 373 g/mol. The third-order valence-corrected chi connectivity index (χ3v) is 5.31. The smallest absolute Gasteiger partial charge is 0.306 e. The maximum atomic E-state index is 13.4. The van der Waals surface area contributed by atoms with Gasteiger partial charge in [-0.1, -0.05) is 0 Å². The monoisotopic (exact) mass is 393 g/mol. The van der Waals surface area contributed by atoms with Crippen LogP contribution in [0.25, 0.3) is 28.5 Å². The number of oxazole rings is 1. The number of benzene rings is 1. The number of hydrogen-bond acceptors (Lipinski definition) is 6. The summed E-state index contributed by atoms with van der Waals surface area (Å²) in [7, 11) is 0. The van der Waals surface area contributed by atoms with Gasteiger partial charge in [0.2, 0.25) is 5.95 Å². The van der Waals surface area contributed by atoms with Crippen molar-refractivity contribution in [1.29, 1.82) is 0 Å². The highest BCUT2D eigenvalue weighted by atomic mass is 19.1. The lowest BCUT2D eigenvalue weighted by Crippen LogP contribution is -2.28. The molecule has 3 aromatic heterocycles. The second-order valence-electron chi connectivity index (χ2n) is 7.29. The van der Waals surface area contributed by atoms with Crippen molar-refractivity contribution in [2.24, 2.45) is 0 Å². The van der Waals surface area contributed by atoms with Gasteiger partial charge in [-0.3, -0.25) is 4.40 Å². The van der Waals surface area contributed by atoms with Gasteiger partial charge in [0.05, 0.1) is 11.8 Å². The number of nitrogens with one attached hydrogen (secondary N) is 1. The summed E-state index contributed by atoms with van der Waals surface area (Å²) < 4.78 is 20.7. The van der Waals surface area contributed by atoms with Gasteiger partial charge >= 0.3 is 5.84 Å². The summed E-state index contributed by atoms with van der Waals surface area (Å²) >= 11 is 0. The largest absolute Gasteiger partial charge is 0.432 e. The molecule has 5 rings (SSSR count). The van der Waals surface area contributed by atoms with E-state index < -0.39 is 0 Å². The average molecular weight is 393 g/mol. The van der Waals surface area contributed by atoms with Crippen molar-refractivity contribution >= 4 is 11.8 Å². The van der Waals surface area contributed by atoms with E-state index in [-0.39, 0.29) is 18.0 Å². The van der Waals surface area contributed by atoms with Crippen molar-refractivity contribution < 1.29 is 13.9 Å². The van der Waals surface area contributed by atoms with Crippen LogP contribution in [0.3, 0.4) is 0 Å². The Labute approximate surface area is 166 Å². The molecule has 0 bridgehead atoms. The number of rotatable bonds is 4. The van der Waals surface area contributed by atoms with Crippen LogP contribution in [-0.4, -0.2) is 36.6 Å². The van der Waals surface area contributed by atoms with Crippen LogP contribution in [0.2, 0.25) is 0 Å². The number of nitrogens with zero attached hydrogens (tertiary/aromatic N) is 4. The number of halogens is 1. The van der Waals surface area contributed by atoms with Crippen molar-refractivity contribution in [2.45, 2.75) is 37.8 Å². The summed E-state index contributed by atoms with van der Waals surface area (Å²) in [6.45, 7) is 0. The molecule has 4 aromatic rings. The fourth-order valence-electron chi connectivity index (χ4n) is 3.80. The molecule has 0 saturated heterocycles. The van der Waals surface area contributed by atoms with Gasteiger partial charge in [0, 0.05) is 24.0 Å². The summed E-state index contributed by atoms with van der Waals surface area (Å²) in [5.41, 5.74) is 2.88. The van der Waals surface area contributed by atoms with Gasteiger partial charge in [0.1, 0.15) is 23.5 Å². The zero-order chi connectivity index (χ0) is 19.8. The summed E-state index contributed by atoms with van der Waals surface area (Å²) in [5.74, 6) is 0.672. The number of imidazole rings is 1. The van der Waals surface area contributed by atoms with Crippen molar-refractivity contribution in [3.05, 3.63) is 54.8 Å². The Hall–Kier alpha value is -3.26. The van der Waals surface area contributed by atoms with Crippen LogP contribution in [0.4, 0.5) is 10.3 Å². The van der Waals surface area contributed by atoms with Gasteiger partial charge in [-0.15, -0.1) is 0 Å². The first-order chi connectivity index (χ1) is 14.2. The molecule has 0 spiro atoms. The Bertz CT molecular complexity index is 1130. The van der Waals surface area contributed by atoms with Crippen LogP contribution in [0.5, 0.6) is 0 Å². The highest BCUT2D eigenvalue weighted by Gasteiger charge is 2.22. The molecule has 0 aliphatic heterocycles. The van der Waals surface area contributed by atoms with E-state index in [2.05, 4.69) is 15.3 Å². The average Bonchev–Trinajstić information content (AvgIpc) is 3.32. The topological polar surface area (TPSA) is 88.5 Å². The lowest BCUT2D eigenvalue weighted by atomic mass is 9.93. The summed E-state index contributed by atoms with van der Waals surface area (Å²) in [5, 5.41) is 13.1.